The lowest BCUT2D eigenvalue weighted by atomic mass is 10.2. The Balaban J connectivity index is 1.95. The van der Waals surface area contributed by atoms with Gasteiger partial charge in [-0.1, -0.05) is 19.1 Å². The fourth-order valence-electron chi connectivity index (χ4n) is 1.80. The summed E-state index contributed by atoms with van der Waals surface area (Å²) in [7, 11) is 0. The molecule has 0 aliphatic heterocycles. The topological polar surface area (TPSA) is 44.5 Å². The van der Waals surface area contributed by atoms with E-state index >= 15 is 0 Å². The molecule has 0 fully saturated rings. The average molecular weight is 265 g/mol. The van der Waals surface area contributed by atoms with Crippen molar-refractivity contribution in [1.82, 2.24) is 0 Å². The first kappa shape index (κ1) is 16.0. The number of hydrogen-bond donors (Lipinski definition) is 1. The van der Waals surface area contributed by atoms with Crippen LogP contribution in [0.5, 0.6) is 5.75 Å². The van der Waals surface area contributed by atoms with Gasteiger partial charge in [-0.3, -0.25) is 0 Å². The lowest BCUT2D eigenvalue weighted by Gasteiger charge is -2.07. The smallest absolute Gasteiger partial charge is 0.119 e. The predicted octanol–water partition coefficient (Wildman–Crippen LogP) is 3.16. The molecular weight excluding hydrogens is 238 g/mol. The maximum atomic E-state index is 5.65. The molecule has 0 bridgehead atoms. The van der Waals surface area contributed by atoms with Crippen molar-refractivity contribution in [2.24, 2.45) is 5.73 Å². The molecule has 1 aromatic carbocycles. The van der Waals surface area contributed by atoms with E-state index in [0.29, 0.717) is 6.61 Å². The Morgan fingerprint density at radius 1 is 0.895 bits per heavy atom. The molecule has 0 aliphatic rings. The molecule has 2 N–H and O–H groups in total. The molecular formula is C16H27NO2. The largest absolute Gasteiger partial charge is 0.494 e. The second kappa shape index (κ2) is 10.8. The molecule has 3 nitrogen and oxygen atoms in total. The minimum Gasteiger partial charge on any atom is -0.494 e. The van der Waals surface area contributed by atoms with E-state index in [-0.39, 0.29) is 0 Å². The summed E-state index contributed by atoms with van der Waals surface area (Å²) in [5.41, 5.74) is 6.77. The number of rotatable bonds is 11. The van der Waals surface area contributed by atoms with Crippen LogP contribution in [-0.4, -0.2) is 26.4 Å². The van der Waals surface area contributed by atoms with Gasteiger partial charge in [0.2, 0.25) is 0 Å². The zero-order valence-electron chi connectivity index (χ0n) is 12.1. The van der Waals surface area contributed by atoms with Crippen LogP contribution in [0.3, 0.4) is 0 Å². The molecule has 108 valence electrons. The molecule has 0 heterocycles. The van der Waals surface area contributed by atoms with E-state index in [1.54, 1.807) is 0 Å². The van der Waals surface area contributed by atoms with Crippen LogP contribution in [0.2, 0.25) is 0 Å². The van der Waals surface area contributed by atoms with Gasteiger partial charge in [-0.2, -0.15) is 0 Å². The van der Waals surface area contributed by atoms with E-state index < -0.39 is 0 Å². The highest BCUT2D eigenvalue weighted by Gasteiger charge is 1.95. The molecule has 0 aromatic heterocycles. The molecule has 0 radical (unpaired) electrons. The Bertz CT molecular complexity index is 311. The van der Waals surface area contributed by atoms with Crippen molar-refractivity contribution < 1.29 is 9.47 Å². The van der Waals surface area contributed by atoms with Crippen LogP contribution >= 0.6 is 0 Å². The predicted molar refractivity (Wildman–Crippen MR) is 79.7 cm³/mol. The number of nitrogens with two attached hydrogens (primary N) is 1. The van der Waals surface area contributed by atoms with Crippen LogP contribution in [0.4, 0.5) is 0 Å². The molecule has 1 rings (SSSR count). The first-order chi connectivity index (χ1) is 9.36. The van der Waals surface area contributed by atoms with Gasteiger partial charge in [-0.25, -0.2) is 0 Å². The van der Waals surface area contributed by atoms with Crippen molar-refractivity contribution in [3.63, 3.8) is 0 Å². The summed E-state index contributed by atoms with van der Waals surface area (Å²) in [6.07, 6.45) is 5.37. The molecule has 0 saturated carbocycles. The first-order valence-electron chi connectivity index (χ1n) is 7.36. The summed E-state index contributed by atoms with van der Waals surface area (Å²) < 4.78 is 11.2. The Labute approximate surface area is 117 Å². The summed E-state index contributed by atoms with van der Waals surface area (Å²) in [5.74, 6) is 0.945. The van der Waals surface area contributed by atoms with Crippen LogP contribution in [0.1, 0.15) is 38.2 Å². The van der Waals surface area contributed by atoms with Crippen molar-refractivity contribution in [1.29, 1.82) is 0 Å². The van der Waals surface area contributed by atoms with Crippen LogP contribution in [-0.2, 0) is 11.2 Å². The number of unbranched alkanes of at least 4 members (excludes halogenated alkanes) is 2. The molecule has 0 aliphatic carbocycles. The monoisotopic (exact) mass is 265 g/mol. The molecule has 1 aromatic rings. The van der Waals surface area contributed by atoms with E-state index in [4.69, 9.17) is 15.2 Å². The molecule has 0 amide bonds. The molecule has 19 heavy (non-hydrogen) atoms. The van der Waals surface area contributed by atoms with Crippen molar-refractivity contribution in [2.45, 2.75) is 39.0 Å². The maximum absolute atomic E-state index is 5.65. The summed E-state index contributed by atoms with van der Waals surface area (Å²) in [4.78, 5) is 0. The fourth-order valence-corrected chi connectivity index (χ4v) is 1.80. The van der Waals surface area contributed by atoms with Crippen molar-refractivity contribution in [3.8, 4) is 5.75 Å². The van der Waals surface area contributed by atoms with Gasteiger partial charge in [0, 0.05) is 19.6 Å². The van der Waals surface area contributed by atoms with Crippen LogP contribution in [0.25, 0.3) is 0 Å². The zero-order chi connectivity index (χ0) is 13.8. The molecule has 3 heteroatoms. The van der Waals surface area contributed by atoms with E-state index in [9.17, 15) is 0 Å². The molecule has 0 unspecified atom stereocenters. The summed E-state index contributed by atoms with van der Waals surface area (Å²) in [6.45, 7) is 5.26. The van der Waals surface area contributed by atoms with Crippen LogP contribution < -0.4 is 10.5 Å². The minimum atomic E-state index is 0.717. The summed E-state index contributed by atoms with van der Waals surface area (Å²) in [6, 6.07) is 8.30. The quantitative estimate of drug-likeness (QED) is 0.625. The SMILES string of the molecule is CCc1ccc(OCCCOCCCCCN)cc1. The lowest BCUT2D eigenvalue weighted by molar-refractivity contribution is 0.116. The first-order valence-corrected chi connectivity index (χ1v) is 7.36. The van der Waals surface area contributed by atoms with Gasteiger partial charge in [0.15, 0.2) is 0 Å². The number of ether oxygens (including phenoxy) is 2. The lowest BCUT2D eigenvalue weighted by Crippen LogP contribution is -2.04. The third kappa shape index (κ3) is 7.85. The normalized spacial score (nSPS) is 10.6. The summed E-state index contributed by atoms with van der Waals surface area (Å²) >= 11 is 0. The third-order valence-corrected chi connectivity index (χ3v) is 3.03. The van der Waals surface area contributed by atoms with Crippen LogP contribution in [0, 0.1) is 0 Å². The second-order valence-corrected chi connectivity index (χ2v) is 4.66. The van der Waals surface area contributed by atoms with E-state index in [1.165, 1.54) is 5.56 Å². The molecule has 0 saturated heterocycles. The zero-order valence-corrected chi connectivity index (χ0v) is 12.1. The molecule has 0 spiro atoms. The van der Waals surface area contributed by atoms with E-state index in [0.717, 1.165) is 57.6 Å². The highest BCUT2D eigenvalue weighted by Crippen LogP contribution is 2.12. The maximum Gasteiger partial charge on any atom is 0.119 e. The van der Waals surface area contributed by atoms with E-state index in [1.807, 2.05) is 12.1 Å². The van der Waals surface area contributed by atoms with Gasteiger partial charge in [0.1, 0.15) is 5.75 Å². The Kier molecular flexibility index (Phi) is 9.11. The van der Waals surface area contributed by atoms with E-state index in [2.05, 4.69) is 19.1 Å². The molecule has 0 atom stereocenters. The van der Waals surface area contributed by atoms with Gasteiger partial charge >= 0.3 is 0 Å². The number of benzene rings is 1. The summed E-state index contributed by atoms with van der Waals surface area (Å²) in [5, 5.41) is 0. The standard InChI is InChI=1S/C16H27NO2/c1-2-15-7-9-16(10-8-15)19-14-6-13-18-12-5-3-4-11-17/h7-10H,2-6,11-14,17H2,1H3. The van der Waals surface area contributed by atoms with Crippen molar-refractivity contribution in [2.75, 3.05) is 26.4 Å². The van der Waals surface area contributed by atoms with Crippen LogP contribution in [0.15, 0.2) is 24.3 Å². The Morgan fingerprint density at radius 2 is 1.63 bits per heavy atom. The third-order valence-electron chi connectivity index (χ3n) is 3.03. The minimum absolute atomic E-state index is 0.717. The average Bonchev–Trinajstić information content (AvgIpc) is 2.46. The van der Waals surface area contributed by atoms with Gasteiger partial charge in [0.25, 0.3) is 0 Å². The highest BCUT2D eigenvalue weighted by molar-refractivity contribution is 5.27. The Hall–Kier alpha value is -1.06. The Morgan fingerprint density at radius 3 is 2.32 bits per heavy atom. The van der Waals surface area contributed by atoms with Crippen molar-refractivity contribution in [3.05, 3.63) is 29.8 Å². The van der Waals surface area contributed by atoms with Gasteiger partial charge in [-0.05, 0) is 49.9 Å². The van der Waals surface area contributed by atoms with Crippen molar-refractivity contribution >= 4 is 0 Å². The number of hydrogen-bond acceptors (Lipinski definition) is 3. The second-order valence-electron chi connectivity index (χ2n) is 4.66. The number of aryl methyl sites for hydroxylation is 1. The highest BCUT2D eigenvalue weighted by atomic mass is 16.5. The van der Waals surface area contributed by atoms with Gasteiger partial charge in [0.05, 0.1) is 6.61 Å². The fraction of sp³-hybridized carbons (Fsp3) is 0.625. The van der Waals surface area contributed by atoms with Gasteiger partial charge < -0.3 is 15.2 Å². The van der Waals surface area contributed by atoms with Gasteiger partial charge in [-0.15, -0.1) is 0 Å².